The van der Waals surface area contributed by atoms with E-state index in [4.69, 9.17) is 14.0 Å². The number of fused-ring (bicyclic) bond motifs is 2. The summed E-state index contributed by atoms with van der Waals surface area (Å²) in [5.74, 6) is -1.35. The number of carbonyl (C=O) groups excluding carboxylic acids is 4. The zero-order chi connectivity index (χ0) is 46.6. The van der Waals surface area contributed by atoms with Gasteiger partial charge in [-0.3, -0.25) is 29.1 Å². The Balaban J connectivity index is 0.00000625. The van der Waals surface area contributed by atoms with E-state index in [-0.39, 0.29) is 104 Å². The molecular formula is C48H60ClF2N9O7S. The number of hydrogen-bond donors (Lipinski definition) is 2. The molecule has 0 radical (unpaired) electrons. The Bertz CT molecular complexity index is 2570. The Morgan fingerprint density at radius 2 is 1.65 bits per heavy atom. The minimum atomic E-state index is -1.09. The lowest BCUT2D eigenvalue weighted by Gasteiger charge is -2.39. The Morgan fingerprint density at radius 3 is 2.41 bits per heavy atom. The first-order valence-electron chi connectivity index (χ1n) is 23.7. The lowest BCUT2D eigenvalue weighted by molar-refractivity contribution is -0.140. The van der Waals surface area contributed by atoms with Crippen LogP contribution >= 0.6 is 23.7 Å². The van der Waals surface area contributed by atoms with Gasteiger partial charge in [0.15, 0.2) is 17.4 Å². The normalized spacial score (nSPS) is 19.5. The zero-order valence-electron chi connectivity index (χ0n) is 38.5. The van der Waals surface area contributed by atoms with Gasteiger partial charge in [-0.15, -0.1) is 23.7 Å². The van der Waals surface area contributed by atoms with Gasteiger partial charge in [0.25, 0.3) is 11.8 Å². The molecule has 1 saturated carbocycles. The van der Waals surface area contributed by atoms with Gasteiger partial charge in [-0.25, -0.2) is 8.78 Å². The maximum atomic E-state index is 14.8. The number of hydrogen-bond acceptors (Lipinski definition) is 12. The highest BCUT2D eigenvalue weighted by Crippen LogP contribution is 2.32. The summed E-state index contributed by atoms with van der Waals surface area (Å²) in [5, 5.41) is 12.4. The van der Waals surface area contributed by atoms with Gasteiger partial charge in [0, 0.05) is 69.5 Å². The molecule has 5 aromatic rings. The molecule has 4 aromatic heterocycles. The summed E-state index contributed by atoms with van der Waals surface area (Å²) in [6.45, 7) is 5.25. The van der Waals surface area contributed by atoms with Crippen LogP contribution in [0.5, 0.6) is 11.6 Å². The fraction of sp³-hybridized carbons (Fsp3) is 0.542. The molecule has 1 aromatic carbocycles. The molecule has 3 atom stereocenters. The molecule has 68 heavy (non-hydrogen) atoms. The number of rotatable bonds is 15. The number of amides is 4. The second-order valence-corrected chi connectivity index (χ2v) is 19.2. The van der Waals surface area contributed by atoms with E-state index >= 15 is 0 Å². The number of halogens is 3. The molecule has 4 aliphatic rings. The summed E-state index contributed by atoms with van der Waals surface area (Å²) in [7, 11) is 1.70. The summed E-state index contributed by atoms with van der Waals surface area (Å²) in [6.07, 6.45) is 9.88. The minimum Gasteiger partial charge on any atom is -0.489 e. The Labute approximate surface area is 404 Å². The maximum absolute atomic E-state index is 14.8. The summed E-state index contributed by atoms with van der Waals surface area (Å²) >= 11 is 1.63. The number of benzene rings is 1. The van der Waals surface area contributed by atoms with E-state index in [9.17, 15) is 28.0 Å². The van der Waals surface area contributed by atoms with Crippen LogP contribution in [0.3, 0.4) is 0 Å². The molecule has 9 rings (SSSR count). The molecule has 4 amide bonds. The van der Waals surface area contributed by atoms with Crippen LogP contribution in [0.25, 0.3) is 21.1 Å². The second kappa shape index (κ2) is 21.9. The molecule has 2 N–H and O–H groups in total. The highest BCUT2D eigenvalue weighted by Gasteiger charge is 2.37. The first kappa shape index (κ1) is 49.1. The largest absolute Gasteiger partial charge is 0.489 e. The van der Waals surface area contributed by atoms with Crippen molar-refractivity contribution in [2.45, 2.75) is 102 Å². The number of pyridine rings is 1. The van der Waals surface area contributed by atoms with E-state index in [1.54, 1.807) is 52.3 Å². The topological polar surface area (TPSA) is 168 Å². The Kier molecular flexibility index (Phi) is 15.8. The summed E-state index contributed by atoms with van der Waals surface area (Å²) < 4.78 is 50.0. The molecule has 7 heterocycles. The molecule has 1 aliphatic carbocycles. The standard InChI is InChI=1S/C48H59F2N9O7S.ClH/c1-30(51-2)46(61)53-44(31-7-4-3-5-8-31)48(63)57-20-18-56(19-21-57)47(62)40-24-32-23-36(49)37(50)26-39(32)59(40)28-43(60)58-15-6-9-33(58)29-64-42-25-35(66-54-42)27-55-16-11-34(12-17-55)65-41-10-14-52-38-13-22-67-45(38)41;/h10,13-14,22-26,30-31,33-34,44,51H,3-9,11-12,15-21,27-29H2,1-2H3,(H,53,61);1H/t30?,33?,44-;/m0./s1. The SMILES string of the molecule is CNC(C)C(=O)N[C@H](C(=O)N1CCN(C(=O)c2cc3cc(F)c(F)cc3n2CC(=O)N2CCCC2COc2cc(CN3CCC(Oc4ccnc5ccsc45)CC3)on2)CC1)C1CCCCC1.Cl. The molecule has 0 spiro atoms. The van der Waals surface area contributed by atoms with Gasteiger partial charge in [0.2, 0.25) is 17.7 Å². The van der Waals surface area contributed by atoms with Crippen molar-refractivity contribution in [3.63, 3.8) is 0 Å². The maximum Gasteiger partial charge on any atom is 0.270 e. The van der Waals surface area contributed by atoms with Crippen molar-refractivity contribution < 1.29 is 42.0 Å². The summed E-state index contributed by atoms with van der Waals surface area (Å²) in [6, 6.07) is 7.85. The molecular weight excluding hydrogens is 920 g/mol. The molecule has 0 bridgehead atoms. The van der Waals surface area contributed by atoms with E-state index in [1.807, 2.05) is 17.5 Å². The molecule has 2 unspecified atom stereocenters. The van der Waals surface area contributed by atoms with Crippen LogP contribution in [0, 0.1) is 17.6 Å². The highest BCUT2D eigenvalue weighted by molar-refractivity contribution is 7.17. The van der Waals surface area contributed by atoms with Crippen molar-refractivity contribution >= 4 is 68.5 Å². The number of likely N-dealkylation sites (N-methyl/N-ethyl adjacent to an activating group) is 1. The number of nitrogens with one attached hydrogen (secondary N) is 2. The van der Waals surface area contributed by atoms with E-state index in [0.29, 0.717) is 31.2 Å². The number of piperidine rings is 1. The third-order valence-electron chi connectivity index (χ3n) is 14.0. The van der Waals surface area contributed by atoms with Crippen molar-refractivity contribution in [1.82, 2.24) is 44.9 Å². The van der Waals surface area contributed by atoms with Crippen LogP contribution in [0.4, 0.5) is 8.78 Å². The number of nitrogens with zero attached hydrogens (tertiary/aromatic N) is 7. The van der Waals surface area contributed by atoms with Crippen LogP contribution in [-0.4, -0.2) is 142 Å². The van der Waals surface area contributed by atoms with Crippen molar-refractivity contribution in [2.24, 2.45) is 5.92 Å². The lowest BCUT2D eigenvalue weighted by atomic mass is 9.83. The van der Waals surface area contributed by atoms with E-state index in [1.165, 1.54) is 10.6 Å². The molecule has 3 aliphatic heterocycles. The fourth-order valence-corrected chi connectivity index (χ4v) is 10.9. The van der Waals surface area contributed by atoms with Gasteiger partial charge in [0.05, 0.1) is 34.4 Å². The Morgan fingerprint density at radius 1 is 0.897 bits per heavy atom. The van der Waals surface area contributed by atoms with Gasteiger partial charge in [-0.1, -0.05) is 19.3 Å². The number of ether oxygens (including phenoxy) is 2. The molecule has 3 saturated heterocycles. The average molecular weight is 981 g/mol. The van der Waals surface area contributed by atoms with Crippen LogP contribution < -0.4 is 20.1 Å². The Hall–Kier alpha value is -5.37. The number of carbonyl (C=O) groups is 4. The highest BCUT2D eigenvalue weighted by atomic mass is 35.5. The molecule has 16 nitrogen and oxygen atoms in total. The predicted octanol–water partition coefficient (Wildman–Crippen LogP) is 6.01. The number of piperazine rings is 1. The van der Waals surface area contributed by atoms with Crippen molar-refractivity contribution in [3.8, 4) is 11.6 Å². The van der Waals surface area contributed by atoms with Gasteiger partial charge >= 0.3 is 0 Å². The number of likely N-dealkylation sites (tertiary alicyclic amines) is 2. The molecule has 20 heteroatoms. The van der Waals surface area contributed by atoms with E-state index in [0.717, 1.165) is 92.6 Å². The van der Waals surface area contributed by atoms with Crippen LogP contribution in [0.2, 0.25) is 0 Å². The first-order valence-corrected chi connectivity index (χ1v) is 24.5. The molecule has 366 valence electrons. The predicted molar refractivity (Wildman–Crippen MR) is 254 cm³/mol. The zero-order valence-corrected chi connectivity index (χ0v) is 40.1. The van der Waals surface area contributed by atoms with E-state index < -0.39 is 29.6 Å². The average Bonchev–Trinajstić information content (AvgIpc) is 4.19. The first-order chi connectivity index (χ1) is 32.5. The van der Waals surface area contributed by atoms with Gasteiger partial charge in [-0.05, 0) is 93.2 Å². The van der Waals surface area contributed by atoms with Gasteiger partial charge in [-0.2, -0.15) is 0 Å². The van der Waals surface area contributed by atoms with Crippen LogP contribution in [0.15, 0.2) is 52.5 Å². The smallest absolute Gasteiger partial charge is 0.270 e. The molecule has 4 fully saturated rings. The number of aromatic nitrogens is 3. The minimum absolute atomic E-state index is 0. The second-order valence-electron chi connectivity index (χ2n) is 18.3. The third-order valence-corrected chi connectivity index (χ3v) is 14.9. The quantitative estimate of drug-likeness (QED) is 0.126. The number of thiophene rings is 1. The monoisotopic (exact) mass is 979 g/mol. The lowest BCUT2D eigenvalue weighted by Crippen LogP contribution is -2.59. The fourth-order valence-electron chi connectivity index (χ4n) is 10.1. The van der Waals surface area contributed by atoms with Crippen molar-refractivity contribution in [2.75, 3.05) is 59.5 Å². The van der Waals surface area contributed by atoms with Crippen molar-refractivity contribution in [3.05, 3.63) is 71.1 Å². The summed E-state index contributed by atoms with van der Waals surface area (Å²) in [5.41, 5.74) is 1.29. The van der Waals surface area contributed by atoms with Crippen LogP contribution in [0.1, 0.15) is 81.0 Å². The van der Waals surface area contributed by atoms with E-state index in [2.05, 4.69) is 25.7 Å². The van der Waals surface area contributed by atoms with Gasteiger partial charge < -0.3 is 43.9 Å². The summed E-state index contributed by atoms with van der Waals surface area (Å²) in [4.78, 5) is 67.2. The third kappa shape index (κ3) is 10.9. The van der Waals surface area contributed by atoms with Crippen molar-refractivity contribution in [1.29, 1.82) is 0 Å². The van der Waals surface area contributed by atoms with Crippen LogP contribution in [-0.2, 0) is 27.5 Å². The van der Waals surface area contributed by atoms with Gasteiger partial charge in [0.1, 0.15) is 36.7 Å².